The molecule has 0 bridgehead atoms. The second-order valence-corrected chi connectivity index (χ2v) is 3.94. The van der Waals surface area contributed by atoms with E-state index in [1.165, 1.54) is 5.41 Å². The van der Waals surface area contributed by atoms with Crippen molar-refractivity contribution in [1.82, 2.24) is 0 Å². The van der Waals surface area contributed by atoms with Gasteiger partial charge in [0.25, 0.3) is 0 Å². The zero-order chi connectivity index (χ0) is 10.4. The summed E-state index contributed by atoms with van der Waals surface area (Å²) in [7, 11) is 0. The van der Waals surface area contributed by atoms with E-state index in [0.29, 0.717) is 10.8 Å². The molecule has 2 nitrogen and oxygen atoms in total. The van der Waals surface area contributed by atoms with Gasteiger partial charge in [-0.05, 0) is 19.1 Å². The van der Waals surface area contributed by atoms with Crippen LogP contribution in [0.25, 0.3) is 0 Å². The maximum Gasteiger partial charge on any atom is 0.241 e. The zero-order valence-electron chi connectivity index (χ0n) is 7.57. The summed E-state index contributed by atoms with van der Waals surface area (Å²) in [6.45, 7) is 1.65. The van der Waals surface area contributed by atoms with Crippen molar-refractivity contribution in [2.24, 2.45) is 0 Å². The summed E-state index contributed by atoms with van der Waals surface area (Å²) >= 11 is 3.98. The molecule has 0 fully saturated rings. The van der Waals surface area contributed by atoms with Gasteiger partial charge in [-0.25, -0.2) is 4.21 Å². The normalized spacial score (nSPS) is 11.3. The van der Waals surface area contributed by atoms with Crippen LogP contribution in [0.2, 0.25) is 0 Å². The Bertz CT molecular complexity index is 376. The smallest absolute Gasteiger partial charge is 0.241 e. The van der Waals surface area contributed by atoms with Crippen LogP contribution in [-0.2, 0) is 11.1 Å². The maximum absolute atomic E-state index is 11.2. The molecule has 0 aliphatic rings. The minimum Gasteiger partial charge on any atom is -0.397 e. The van der Waals surface area contributed by atoms with E-state index in [9.17, 15) is 4.21 Å². The Morgan fingerprint density at radius 2 is 2.14 bits per heavy atom. The van der Waals surface area contributed by atoms with Crippen molar-refractivity contribution < 1.29 is 8.39 Å². The summed E-state index contributed by atoms with van der Waals surface area (Å²) in [5, 5.41) is 1.71. The highest BCUT2D eigenvalue weighted by atomic mass is 35.5. The first kappa shape index (κ1) is 11.1. The van der Waals surface area contributed by atoms with Gasteiger partial charge in [0.05, 0.1) is 10.4 Å². The maximum atomic E-state index is 11.2. The molecule has 0 heterocycles. The third-order valence-electron chi connectivity index (χ3n) is 1.28. The summed E-state index contributed by atoms with van der Waals surface area (Å²) in [4.78, 5) is 0. The molecule has 0 saturated heterocycles. The average Bonchev–Trinajstić information content (AvgIpc) is 2.16. The van der Waals surface area contributed by atoms with Crippen molar-refractivity contribution in [3.05, 3.63) is 46.5 Å². The Morgan fingerprint density at radius 1 is 1.50 bits per heavy atom. The molecule has 1 unspecified atom stereocenters. The summed E-state index contributed by atoms with van der Waals surface area (Å²) in [5.74, 6) is 0.552. The van der Waals surface area contributed by atoms with Crippen LogP contribution in [0.5, 0.6) is 5.75 Å². The predicted molar refractivity (Wildman–Crippen MR) is 58.3 cm³/mol. The molecule has 0 spiro atoms. The number of benzene rings is 1. The number of para-hydroxylation sites is 1. The molecule has 0 amide bonds. The monoisotopic (exact) mass is 228 g/mol. The van der Waals surface area contributed by atoms with Gasteiger partial charge in [-0.3, -0.25) is 0 Å². The topological polar surface area (TPSA) is 26.3 Å². The van der Waals surface area contributed by atoms with E-state index < -0.39 is 11.1 Å². The van der Waals surface area contributed by atoms with Crippen molar-refractivity contribution in [2.75, 3.05) is 0 Å². The molecule has 0 radical (unpaired) electrons. The minimum atomic E-state index is -1.53. The van der Waals surface area contributed by atoms with Gasteiger partial charge in [-0.15, -0.1) is 0 Å². The van der Waals surface area contributed by atoms with Gasteiger partial charge in [0.2, 0.25) is 11.1 Å². The standard InChI is InChI=1S/C10H9ClO2S/c1-9(11)7-8-14(12)13-10-5-3-2-4-6-10/h2-6,8H,1H3. The lowest BCUT2D eigenvalue weighted by molar-refractivity contribution is 0.571. The molecule has 1 aromatic carbocycles. The fourth-order valence-corrected chi connectivity index (χ4v) is 1.47. The summed E-state index contributed by atoms with van der Waals surface area (Å²) in [5.41, 5.74) is 2.60. The third-order valence-corrected chi connectivity index (χ3v) is 2.05. The van der Waals surface area contributed by atoms with Crippen LogP contribution < -0.4 is 4.18 Å². The molecule has 1 rings (SSSR count). The number of hydrogen-bond acceptors (Lipinski definition) is 2. The van der Waals surface area contributed by atoms with E-state index in [1.54, 1.807) is 31.2 Å². The molecule has 1 atom stereocenters. The summed E-state index contributed by atoms with van der Waals surface area (Å²) < 4.78 is 16.3. The van der Waals surface area contributed by atoms with E-state index in [0.717, 1.165) is 0 Å². The van der Waals surface area contributed by atoms with Gasteiger partial charge in [0.1, 0.15) is 5.75 Å². The molecule has 0 aliphatic heterocycles. The first-order valence-corrected chi connectivity index (χ1v) is 5.43. The lowest BCUT2D eigenvalue weighted by Gasteiger charge is -1.98. The van der Waals surface area contributed by atoms with Crippen molar-refractivity contribution >= 4 is 22.7 Å². The van der Waals surface area contributed by atoms with Crippen LogP contribution in [0.1, 0.15) is 6.92 Å². The fraction of sp³-hybridized carbons (Fsp3) is 0.100. The first-order chi connectivity index (χ1) is 6.68. The van der Waals surface area contributed by atoms with E-state index in [1.807, 2.05) is 6.07 Å². The SMILES string of the molecule is CC(Cl)=C=CS(=O)Oc1ccccc1. The Balaban J connectivity index is 2.63. The second-order valence-electron chi connectivity index (χ2n) is 2.45. The number of halogens is 1. The molecule has 0 aliphatic carbocycles. The van der Waals surface area contributed by atoms with Gasteiger partial charge in [0.15, 0.2) is 0 Å². The van der Waals surface area contributed by atoms with Crippen molar-refractivity contribution in [3.8, 4) is 5.75 Å². The van der Waals surface area contributed by atoms with Gasteiger partial charge in [0, 0.05) is 0 Å². The molecular weight excluding hydrogens is 220 g/mol. The molecule has 1 aromatic rings. The van der Waals surface area contributed by atoms with Gasteiger partial charge < -0.3 is 4.18 Å². The Morgan fingerprint density at radius 3 is 2.71 bits per heavy atom. The summed E-state index contributed by atoms with van der Waals surface area (Å²) in [6.07, 6.45) is 0. The quantitative estimate of drug-likeness (QED) is 0.744. The fourth-order valence-electron chi connectivity index (χ4n) is 0.724. The Kier molecular flexibility index (Phi) is 4.47. The molecule has 0 N–H and O–H groups in total. The lowest BCUT2D eigenvalue weighted by Crippen LogP contribution is -1.94. The zero-order valence-corrected chi connectivity index (χ0v) is 9.14. The van der Waals surface area contributed by atoms with Crippen LogP contribution in [0, 0.1) is 0 Å². The van der Waals surface area contributed by atoms with Gasteiger partial charge in [-0.1, -0.05) is 35.5 Å². The van der Waals surface area contributed by atoms with E-state index in [-0.39, 0.29) is 0 Å². The van der Waals surface area contributed by atoms with E-state index in [2.05, 4.69) is 5.73 Å². The Labute approximate surface area is 90.5 Å². The molecule has 0 saturated carbocycles. The first-order valence-electron chi connectivity index (χ1n) is 3.91. The number of allylic oxidation sites excluding steroid dienone is 1. The number of rotatable bonds is 3. The highest BCUT2D eigenvalue weighted by Crippen LogP contribution is 2.10. The summed E-state index contributed by atoms with van der Waals surface area (Å²) in [6, 6.07) is 8.91. The predicted octanol–water partition coefficient (Wildman–Crippen LogP) is 2.98. The van der Waals surface area contributed by atoms with Crippen molar-refractivity contribution in [2.45, 2.75) is 6.92 Å². The molecule has 14 heavy (non-hydrogen) atoms. The van der Waals surface area contributed by atoms with Crippen molar-refractivity contribution in [1.29, 1.82) is 0 Å². The van der Waals surface area contributed by atoms with Crippen LogP contribution in [-0.4, -0.2) is 4.21 Å². The van der Waals surface area contributed by atoms with Crippen LogP contribution in [0.3, 0.4) is 0 Å². The van der Waals surface area contributed by atoms with Gasteiger partial charge >= 0.3 is 0 Å². The van der Waals surface area contributed by atoms with Crippen molar-refractivity contribution in [3.63, 3.8) is 0 Å². The van der Waals surface area contributed by atoms with Crippen LogP contribution in [0.4, 0.5) is 0 Å². The van der Waals surface area contributed by atoms with Gasteiger partial charge in [-0.2, -0.15) is 0 Å². The lowest BCUT2D eigenvalue weighted by atomic mass is 10.3. The van der Waals surface area contributed by atoms with E-state index >= 15 is 0 Å². The largest absolute Gasteiger partial charge is 0.397 e. The van der Waals surface area contributed by atoms with E-state index in [4.69, 9.17) is 15.8 Å². The van der Waals surface area contributed by atoms with Crippen LogP contribution >= 0.6 is 11.6 Å². The minimum absolute atomic E-state index is 0.440. The molecule has 0 aromatic heterocycles. The average molecular weight is 229 g/mol. The second kappa shape index (κ2) is 5.66. The molecular formula is C10H9ClO2S. The van der Waals surface area contributed by atoms with Crippen LogP contribution in [0.15, 0.2) is 46.5 Å². The highest BCUT2D eigenvalue weighted by Gasteiger charge is 1.95. The third kappa shape index (κ3) is 4.28. The molecule has 4 heteroatoms. The highest BCUT2D eigenvalue weighted by molar-refractivity contribution is 7.83. The Hall–Kier alpha value is -1.02. The molecule has 74 valence electrons. The number of hydrogen-bond donors (Lipinski definition) is 0.